The highest BCUT2D eigenvalue weighted by molar-refractivity contribution is 5.66. The monoisotopic (exact) mass is 398 g/mol. The number of piperazine rings is 1. The van der Waals surface area contributed by atoms with Gasteiger partial charge in [-0.1, -0.05) is 6.07 Å². The van der Waals surface area contributed by atoms with Gasteiger partial charge in [0, 0.05) is 36.8 Å². The molecule has 8 nitrogen and oxygen atoms in total. The Balaban J connectivity index is 1.52. The van der Waals surface area contributed by atoms with Gasteiger partial charge in [-0.2, -0.15) is 10.2 Å². The van der Waals surface area contributed by atoms with Crippen LogP contribution in [0, 0.1) is 17.1 Å². The third-order valence-electron chi connectivity index (χ3n) is 5.08. The average molecular weight is 398 g/mol. The minimum absolute atomic E-state index is 0.0178. The number of aromatic nitrogens is 1. The normalized spacial score (nSPS) is 18.3. The van der Waals surface area contributed by atoms with Gasteiger partial charge >= 0.3 is 6.09 Å². The van der Waals surface area contributed by atoms with E-state index in [0.717, 1.165) is 5.56 Å². The van der Waals surface area contributed by atoms with Crippen molar-refractivity contribution in [2.45, 2.75) is 19.3 Å². The number of fused-ring (bicyclic) bond motifs is 3. The van der Waals surface area contributed by atoms with Gasteiger partial charge in [-0.05, 0) is 18.2 Å². The number of anilines is 1. The van der Waals surface area contributed by atoms with Gasteiger partial charge in [0.05, 0.1) is 30.9 Å². The van der Waals surface area contributed by atoms with Crippen LogP contribution in [-0.4, -0.2) is 53.4 Å². The van der Waals surface area contributed by atoms with Crippen LogP contribution in [0.15, 0.2) is 30.3 Å². The Morgan fingerprint density at radius 2 is 2.24 bits per heavy atom. The van der Waals surface area contributed by atoms with E-state index in [1.807, 2.05) is 12.1 Å². The van der Waals surface area contributed by atoms with Crippen molar-refractivity contribution >= 4 is 11.9 Å². The fourth-order valence-electron chi connectivity index (χ4n) is 3.54. The summed E-state index contributed by atoms with van der Waals surface area (Å²) >= 11 is 0. The molecule has 1 amide bonds. The molecule has 1 atom stereocenters. The zero-order valence-corrected chi connectivity index (χ0v) is 15.5. The number of nitrogens with zero attached hydrogens (tertiary/aromatic N) is 4. The average Bonchev–Trinajstić information content (AvgIpc) is 2.91. The Bertz CT molecular complexity index is 977. The minimum atomic E-state index is -0.941. The third-order valence-corrected chi connectivity index (χ3v) is 5.08. The second-order valence-corrected chi connectivity index (χ2v) is 6.93. The smallest absolute Gasteiger partial charge is 0.407 e. The van der Waals surface area contributed by atoms with Crippen molar-refractivity contribution in [3.63, 3.8) is 0 Å². The lowest BCUT2D eigenvalue weighted by Crippen LogP contribution is -2.56. The van der Waals surface area contributed by atoms with Gasteiger partial charge in [0.25, 0.3) is 0 Å². The minimum Gasteiger partial charge on any atom is -0.473 e. The second-order valence-electron chi connectivity index (χ2n) is 6.93. The lowest BCUT2D eigenvalue weighted by molar-refractivity contribution is 0.0866. The van der Waals surface area contributed by atoms with Crippen molar-refractivity contribution in [3.05, 3.63) is 52.8 Å². The molecule has 0 bridgehead atoms. The molecule has 4 rings (SSSR count). The topological polar surface area (TPSA) is 98.9 Å². The van der Waals surface area contributed by atoms with Gasteiger partial charge in [0.1, 0.15) is 18.2 Å². The molecule has 2 aliphatic heterocycles. The van der Waals surface area contributed by atoms with Gasteiger partial charge < -0.3 is 24.4 Å². The van der Waals surface area contributed by atoms with Gasteiger partial charge in [0.2, 0.25) is 5.88 Å². The fraction of sp³-hybridized carbons (Fsp3) is 0.350. The van der Waals surface area contributed by atoms with Crippen molar-refractivity contribution in [3.8, 4) is 11.9 Å². The van der Waals surface area contributed by atoms with E-state index in [-0.39, 0.29) is 18.2 Å². The van der Waals surface area contributed by atoms with Crippen LogP contribution in [0.4, 0.5) is 15.0 Å². The Kier molecular flexibility index (Phi) is 5.18. The summed E-state index contributed by atoms with van der Waals surface area (Å²) in [4.78, 5) is 19.3. The highest BCUT2D eigenvalue weighted by Crippen LogP contribution is 2.29. The van der Waals surface area contributed by atoms with Crippen LogP contribution in [0.25, 0.3) is 0 Å². The number of benzene rings is 1. The maximum atomic E-state index is 14.1. The molecule has 0 aliphatic carbocycles. The SMILES string of the molecule is N#Cc1ccc(COc2ccc3c(n2)N2CCN(C(=O)O)CC2COC3)c(F)c1. The van der Waals surface area contributed by atoms with Crippen LogP contribution in [0.1, 0.15) is 16.7 Å². The summed E-state index contributed by atoms with van der Waals surface area (Å²) in [5.41, 5.74) is 1.48. The Labute approximate surface area is 166 Å². The number of nitriles is 1. The number of rotatable bonds is 3. The molecule has 1 unspecified atom stereocenters. The van der Waals surface area contributed by atoms with Gasteiger partial charge in [0.15, 0.2) is 0 Å². The standard InChI is InChI=1S/C20H19FN4O4/c21-17-7-13(8-22)1-2-14(17)11-29-18-4-3-15-10-28-12-16-9-24(20(26)27)5-6-25(16)19(15)23-18/h1-4,7,16H,5-6,9-12H2,(H,26,27). The van der Waals surface area contributed by atoms with Crippen LogP contribution in [-0.2, 0) is 18.0 Å². The van der Waals surface area contributed by atoms with Crippen molar-refractivity contribution in [1.29, 1.82) is 5.26 Å². The molecule has 1 aromatic heterocycles. The zero-order chi connectivity index (χ0) is 20.4. The first-order valence-corrected chi connectivity index (χ1v) is 9.18. The molecule has 0 radical (unpaired) electrons. The first-order valence-electron chi connectivity index (χ1n) is 9.18. The molecular weight excluding hydrogens is 379 g/mol. The largest absolute Gasteiger partial charge is 0.473 e. The highest BCUT2D eigenvalue weighted by Gasteiger charge is 2.33. The van der Waals surface area contributed by atoms with Crippen molar-refractivity contribution < 1.29 is 23.8 Å². The molecule has 1 aromatic carbocycles. The van der Waals surface area contributed by atoms with Crippen molar-refractivity contribution in [2.75, 3.05) is 31.1 Å². The molecule has 150 valence electrons. The maximum absolute atomic E-state index is 14.1. The van der Waals surface area contributed by atoms with Crippen LogP contribution in [0.3, 0.4) is 0 Å². The van der Waals surface area contributed by atoms with Crippen molar-refractivity contribution in [1.82, 2.24) is 9.88 Å². The predicted molar refractivity (Wildman–Crippen MR) is 100 cm³/mol. The van der Waals surface area contributed by atoms with Gasteiger partial charge in [-0.15, -0.1) is 0 Å². The molecule has 29 heavy (non-hydrogen) atoms. The Morgan fingerprint density at radius 1 is 1.38 bits per heavy atom. The molecule has 1 N–H and O–H groups in total. The first-order chi connectivity index (χ1) is 14.0. The number of amides is 1. The fourth-order valence-corrected chi connectivity index (χ4v) is 3.54. The van der Waals surface area contributed by atoms with E-state index in [0.29, 0.717) is 50.1 Å². The summed E-state index contributed by atoms with van der Waals surface area (Å²) in [6.07, 6.45) is -0.941. The summed E-state index contributed by atoms with van der Waals surface area (Å²) in [6, 6.07) is 9.57. The van der Waals surface area contributed by atoms with E-state index < -0.39 is 11.9 Å². The summed E-state index contributed by atoms with van der Waals surface area (Å²) in [5.74, 6) is 0.543. The molecule has 3 heterocycles. The number of carbonyl (C=O) groups is 1. The Hall–Kier alpha value is -3.38. The van der Waals surface area contributed by atoms with E-state index in [1.165, 1.54) is 23.1 Å². The molecule has 1 fully saturated rings. The summed E-state index contributed by atoms with van der Waals surface area (Å²) < 4.78 is 25.5. The number of hydrogen-bond acceptors (Lipinski definition) is 6. The molecule has 0 spiro atoms. The van der Waals surface area contributed by atoms with Crippen LogP contribution in [0.2, 0.25) is 0 Å². The predicted octanol–water partition coefficient (Wildman–Crippen LogP) is 2.37. The van der Waals surface area contributed by atoms with Crippen molar-refractivity contribution in [2.24, 2.45) is 0 Å². The number of hydrogen-bond donors (Lipinski definition) is 1. The Morgan fingerprint density at radius 3 is 3.00 bits per heavy atom. The van der Waals surface area contributed by atoms with E-state index in [2.05, 4.69) is 9.88 Å². The summed E-state index contributed by atoms with van der Waals surface area (Å²) in [7, 11) is 0. The van der Waals surface area contributed by atoms with Gasteiger partial charge in [-0.3, -0.25) is 0 Å². The lowest BCUT2D eigenvalue weighted by Gasteiger charge is -2.40. The number of halogens is 1. The first kappa shape index (κ1) is 19.0. The van der Waals surface area contributed by atoms with Crippen LogP contribution in [0.5, 0.6) is 5.88 Å². The number of ether oxygens (including phenoxy) is 2. The van der Waals surface area contributed by atoms with Gasteiger partial charge in [-0.25, -0.2) is 9.18 Å². The molecular formula is C20H19FN4O4. The molecule has 9 heteroatoms. The quantitative estimate of drug-likeness (QED) is 0.847. The van der Waals surface area contributed by atoms with E-state index in [1.54, 1.807) is 6.07 Å². The van der Waals surface area contributed by atoms with E-state index >= 15 is 0 Å². The number of pyridine rings is 1. The second kappa shape index (κ2) is 7.93. The molecule has 2 aliphatic rings. The molecule has 0 saturated carbocycles. The van der Waals surface area contributed by atoms with E-state index in [9.17, 15) is 14.3 Å². The van der Waals surface area contributed by atoms with E-state index in [4.69, 9.17) is 14.7 Å². The summed E-state index contributed by atoms with van der Waals surface area (Å²) in [5, 5.41) is 18.1. The molecule has 2 aromatic rings. The third kappa shape index (κ3) is 3.93. The van der Waals surface area contributed by atoms with Crippen LogP contribution >= 0.6 is 0 Å². The maximum Gasteiger partial charge on any atom is 0.407 e. The molecule has 1 saturated heterocycles. The van der Waals surface area contributed by atoms with Crippen LogP contribution < -0.4 is 9.64 Å². The lowest BCUT2D eigenvalue weighted by atomic mass is 10.1. The zero-order valence-electron chi connectivity index (χ0n) is 15.5. The highest BCUT2D eigenvalue weighted by atomic mass is 19.1. The summed E-state index contributed by atoms with van der Waals surface area (Å²) in [6.45, 7) is 2.01. The number of carboxylic acid groups (broad SMARTS) is 1.